The molecule has 4 aliphatic rings. The lowest BCUT2D eigenvalue weighted by molar-refractivity contribution is -0.142. The molecule has 6 rings (SSSR count). The van der Waals surface area contributed by atoms with Gasteiger partial charge in [0, 0.05) is 23.9 Å². The number of ether oxygens (including phenoxy) is 2. The van der Waals surface area contributed by atoms with Crippen LogP contribution in [0, 0.1) is 17.8 Å². The third-order valence-corrected chi connectivity index (χ3v) is 13.3. The number of hydrogen-bond donors (Lipinski definition) is 4. The van der Waals surface area contributed by atoms with Crippen molar-refractivity contribution in [3.8, 4) is 11.6 Å². The van der Waals surface area contributed by atoms with Crippen LogP contribution < -0.4 is 24.8 Å². The second kappa shape index (κ2) is 14.6. The van der Waals surface area contributed by atoms with Gasteiger partial charge >= 0.3 is 6.09 Å². The van der Waals surface area contributed by atoms with E-state index in [4.69, 9.17) is 9.47 Å². The smallest absolute Gasteiger partial charge is 0.405 e. The number of hydrogen-bond acceptors (Lipinski definition) is 9. The van der Waals surface area contributed by atoms with Crippen LogP contribution in [0.5, 0.6) is 11.6 Å². The highest BCUT2D eigenvalue weighted by Gasteiger charge is 2.63. The molecule has 282 valence electrons. The molecule has 2 saturated carbocycles. The first kappa shape index (κ1) is 37.4. The third-order valence-electron chi connectivity index (χ3n) is 11.2. The number of carboxylic acid groups (broad SMARTS) is 1. The second-order valence-corrected chi connectivity index (χ2v) is 17.2. The monoisotopic (exact) mass is 739 g/mol. The van der Waals surface area contributed by atoms with E-state index in [2.05, 4.69) is 27.3 Å². The predicted molar refractivity (Wildman–Crippen MR) is 192 cm³/mol. The van der Waals surface area contributed by atoms with Gasteiger partial charge in [0.25, 0.3) is 5.91 Å². The topological polar surface area (TPSA) is 193 Å². The molecule has 4 N–H and O–H groups in total. The summed E-state index contributed by atoms with van der Waals surface area (Å²) in [6.07, 6.45) is 6.89. The van der Waals surface area contributed by atoms with Gasteiger partial charge in [-0.3, -0.25) is 19.1 Å². The molecule has 15 heteroatoms. The molecule has 2 aliphatic carbocycles. The fraction of sp³-hybridized carbons (Fsp3) is 0.595. The van der Waals surface area contributed by atoms with E-state index in [0.29, 0.717) is 55.7 Å². The summed E-state index contributed by atoms with van der Waals surface area (Å²) in [6.45, 7) is 7.88. The van der Waals surface area contributed by atoms with Gasteiger partial charge < -0.3 is 30.1 Å². The van der Waals surface area contributed by atoms with E-state index in [0.717, 1.165) is 11.8 Å². The van der Waals surface area contributed by atoms with Gasteiger partial charge in [0.05, 0.1) is 17.9 Å². The van der Waals surface area contributed by atoms with Crippen LogP contribution in [0.15, 0.2) is 42.6 Å². The van der Waals surface area contributed by atoms with Crippen LogP contribution in [0.2, 0.25) is 0 Å². The maximum absolute atomic E-state index is 14.5. The Hall–Kier alpha value is -4.40. The van der Waals surface area contributed by atoms with Crippen molar-refractivity contribution in [1.82, 2.24) is 25.2 Å². The molecule has 1 aromatic carbocycles. The number of nitrogens with zero attached hydrogens (tertiary/aromatic N) is 2. The van der Waals surface area contributed by atoms with E-state index < -0.39 is 68.2 Å². The first-order chi connectivity index (χ1) is 24.7. The largest absolute Gasteiger partial charge is 0.494 e. The van der Waals surface area contributed by atoms with E-state index >= 15 is 0 Å². The molecule has 4 amide bonds. The zero-order valence-corrected chi connectivity index (χ0v) is 30.9. The van der Waals surface area contributed by atoms with Crippen molar-refractivity contribution in [2.45, 2.75) is 108 Å². The number of rotatable bonds is 9. The summed E-state index contributed by atoms with van der Waals surface area (Å²) < 4.78 is 39.5. The highest BCUT2D eigenvalue weighted by Crippen LogP contribution is 2.47. The van der Waals surface area contributed by atoms with Crippen molar-refractivity contribution in [2.24, 2.45) is 17.8 Å². The van der Waals surface area contributed by atoms with Crippen LogP contribution in [0.4, 0.5) is 4.79 Å². The van der Waals surface area contributed by atoms with Crippen LogP contribution in [-0.2, 0) is 24.4 Å². The van der Waals surface area contributed by atoms with Gasteiger partial charge in [-0.1, -0.05) is 32.4 Å². The van der Waals surface area contributed by atoms with Crippen molar-refractivity contribution in [2.75, 3.05) is 13.2 Å². The highest BCUT2D eigenvalue weighted by atomic mass is 32.2. The van der Waals surface area contributed by atoms with Gasteiger partial charge in [-0.05, 0) is 93.9 Å². The van der Waals surface area contributed by atoms with E-state index in [1.807, 2.05) is 44.2 Å². The summed E-state index contributed by atoms with van der Waals surface area (Å²) in [5, 5.41) is 16.7. The molecule has 0 bridgehead atoms. The molecule has 0 spiro atoms. The van der Waals surface area contributed by atoms with Crippen molar-refractivity contribution in [3.05, 3.63) is 42.6 Å². The first-order valence-electron chi connectivity index (χ1n) is 18.2. The van der Waals surface area contributed by atoms with Gasteiger partial charge in [0.2, 0.25) is 27.7 Å². The fourth-order valence-corrected chi connectivity index (χ4v) is 8.90. The molecule has 1 aromatic heterocycles. The maximum Gasteiger partial charge on any atom is 0.405 e. The quantitative estimate of drug-likeness (QED) is 0.274. The van der Waals surface area contributed by atoms with Crippen LogP contribution in [0.1, 0.15) is 79.1 Å². The Morgan fingerprint density at radius 3 is 2.62 bits per heavy atom. The summed E-state index contributed by atoms with van der Waals surface area (Å²) in [7, 11) is -4.00. The molecule has 1 saturated heterocycles. The minimum absolute atomic E-state index is 0.0221. The number of pyridine rings is 1. The van der Waals surface area contributed by atoms with E-state index in [9.17, 15) is 32.7 Å². The highest BCUT2D eigenvalue weighted by molar-refractivity contribution is 7.91. The van der Waals surface area contributed by atoms with Gasteiger partial charge in [-0.25, -0.2) is 18.2 Å². The van der Waals surface area contributed by atoms with Crippen molar-refractivity contribution >= 4 is 44.6 Å². The maximum atomic E-state index is 14.5. The minimum atomic E-state index is -4.00. The molecule has 7 atom stereocenters. The molecular formula is C37H49N5O9S. The SMILES string of the molecule is CCOc1ccc2c(O[C@@H]3C[C@H]4C(=O)N[C@]5(C(=O)NS(=O)(=O)C6(C)CC6)CC5/C=C\CC[C@H](C)C[C@@H](CC)[C@H](NC(=O)O)C(=O)N4C3)nccc2c1. The van der Waals surface area contributed by atoms with Crippen LogP contribution in [-0.4, -0.2) is 88.8 Å². The van der Waals surface area contributed by atoms with Crippen molar-refractivity contribution in [3.63, 3.8) is 0 Å². The normalized spacial score (nSPS) is 30.8. The lowest BCUT2D eigenvalue weighted by Crippen LogP contribution is -2.59. The molecule has 0 radical (unpaired) electrons. The van der Waals surface area contributed by atoms with Crippen LogP contribution in [0.25, 0.3) is 10.8 Å². The number of benzene rings is 1. The van der Waals surface area contributed by atoms with E-state index in [1.165, 1.54) is 4.90 Å². The average molecular weight is 740 g/mol. The van der Waals surface area contributed by atoms with Crippen LogP contribution >= 0.6 is 0 Å². The summed E-state index contributed by atoms with van der Waals surface area (Å²) >= 11 is 0. The molecule has 3 heterocycles. The summed E-state index contributed by atoms with van der Waals surface area (Å²) in [5.74, 6) is -1.73. The van der Waals surface area contributed by atoms with Gasteiger partial charge in [0.1, 0.15) is 29.5 Å². The molecule has 52 heavy (non-hydrogen) atoms. The Kier molecular flexibility index (Phi) is 10.5. The zero-order valence-electron chi connectivity index (χ0n) is 30.1. The number of amides is 4. The zero-order chi connectivity index (χ0) is 37.4. The van der Waals surface area contributed by atoms with Crippen LogP contribution in [0.3, 0.4) is 0 Å². The average Bonchev–Trinajstić information content (AvgIpc) is 3.98. The molecule has 2 aliphatic heterocycles. The second-order valence-electron chi connectivity index (χ2n) is 15.0. The summed E-state index contributed by atoms with van der Waals surface area (Å²) in [4.78, 5) is 60.5. The van der Waals surface area contributed by atoms with Crippen molar-refractivity contribution < 1.29 is 42.2 Å². The van der Waals surface area contributed by atoms with Gasteiger partial charge in [-0.2, -0.15) is 0 Å². The Labute approximate surface area is 304 Å². The Morgan fingerprint density at radius 1 is 1.15 bits per heavy atom. The van der Waals surface area contributed by atoms with E-state index in [1.54, 1.807) is 19.2 Å². The van der Waals surface area contributed by atoms with Crippen molar-refractivity contribution in [1.29, 1.82) is 0 Å². The summed E-state index contributed by atoms with van der Waals surface area (Å²) in [6, 6.07) is 5.03. The lowest BCUT2D eigenvalue weighted by Gasteiger charge is -2.33. The Morgan fingerprint density at radius 2 is 1.92 bits per heavy atom. The standard InChI is InChI=1S/C37H49N5O9S/c1-5-23-17-22(3)9-7-8-10-25-20-37(25,34(45)41-52(48,49)36(4)14-15-36)40-31(43)29-19-27(21-42(29)33(44)30(23)39-35(46)47)51-32-28-12-11-26(50-6-2)18-24(28)13-16-38-32/h8,10-13,16,18,22-23,25,27,29-30,39H,5-7,9,14-15,17,19-21H2,1-4H3,(H,40,43)(H,41,45)(H,46,47)/b10-8-/t22-,23+,25?,27+,29-,30-,37+/m0/s1. The van der Waals surface area contributed by atoms with Gasteiger partial charge in [-0.15, -0.1) is 0 Å². The molecule has 14 nitrogen and oxygen atoms in total. The molecule has 1 unspecified atom stereocenters. The molecule has 3 fully saturated rings. The third kappa shape index (κ3) is 7.55. The minimum Gasteiger partial charge on any atom is -0.494 e. The number of aromatic nitrogens is 1. The van der Waals surface area contributed by atoms with E-state index in [-0.39, 0.29) is 31.2 Å². The Balaban J connectivity index is 1.34. The van der Waals surface area contributed by atoms with Gasteiger partial charge in [0.15, 0.2) is 0 Å². The number of allylic oxidation sites excluding steroid dienone is 1. The first-order valence-corrected chi connectivity index (χ1v) is 19.7. The molecular weight excluding hydrogens is 691 g/mol. The number of nitrogens with one attached hydrogen (secondary N) is 3. The number of carbonyl (C=O) groups excluding carboxylic acids is 3. The number of sulfonamides is 1. The Bertz CT molecular complexity index is 1860. The number of fused-ring (bicyclic) bond motifs is 3. The summed E-state index contributed by atoms with van der Waals surface area (Å²) in [5.41, 5.74) is -1.54. The number of carbonyl (C=O) groups is 4. The fourth-order valence-electron chi connectivity index (χ4n) is 7.58. The lowest BCUT2D eigenvalue weighted by atomic mass is 9.85. The predicted octanol–water partition coefficient (Wildman–Crippen LogP) is 3.89. The molecule has 2 aromatic rings.